The molecule has 0 saturated heterocycles. The van der Waals surface area contributed by atoms with Crippen LogP contribution in [0.1, 0.15) is 58.8 Å². The lowest BCUT2D eigenvalue weighted by Gasteiger charge is -2.28. The Balaban J connectivity index is 2.66. The summed E-state index contributed by atoms with van der Waals surface area (Å²) in [6.45, 7) is 3.80. The van der Waals surface area contributed by atoms with Gasteiger partial charge in [0.1, 0.15) is 6.04 Å². The molecule has 1 unspecified atom stereocenters. The summed E-state index contributed by atoms with van der Waals surface area (Å²) in [6.07, 6.45) is 10.1. The molecule has 0 spiro atoms. The van der Waals surface area contributed by atoms with Gasteiger partial charge >= 0.3 is 5.97 Å². The highest BCUT2D eigenvalue weighted by Crippen LogP contribution is 2.34. The largest absolute Gasteiger partial charge is 0.480 e. The van der Waals surface area contributed by atoms with Crippen molar-refractivity contribution in [2.24, 2.45) is 5.41 Å². The monoisotopic (exact) mass is 267 g/mol. The van der Waals surface area contributed by atoms with Gasteiger partial charge in [-0.25, -0.2) is 4.79 Å². The number of hydrogen-bond acceptors (Lipinski definition) is 2. The normalized spacial score (nSPS) is 20.7. The van der Waals surface area contributed by atoms with Gasteiger partial charge in [-0.15, -0.1) is 0 Å². The summed E-state index contributed by atoms with van der Waals surface area (Å²) in [5.74, 6) is -1.07. The molecule has 4 heteroatoms. The number of carbonyl (C=O) groups excluding carboxylic acids is 1. The summed E-state index contributed by atoms with van der Waals surface area (Å²) in [4.78, 5) is 23.5. The highest BCUT2D eigenvalue weighted by Gasteiger charge is 2.35. The van der Waals surface area contributed by atoms with Crippen molar-refractivity contribution in [2.45, 2.75) is 64.8 Å². The van der Waals surface area contributed by atoms with Crippen LogP contribution in [0.25, 0.3) is 0 Å². The van der Waals surface area contributed by atoms with Crippen molar-refractivity contribution in [1.29, 1.82) is 0 Å². The van der Waals surface area contributed by atoms with Crippen molar-refractivity contribution < 1.29 is 14.7 Å². The highest BCUT2D eigenvalue weighted by molar-refractivity contribution is 5.87. The van der Waals surface area contributed by atoms with Crippen LogP contribution in [0.15, 0.2) is 12.2 Å². The second-order valence-electron chi connectivity index (χ2n) is 5.64. The van der Waals surface area contributed by atoms with E-state index in [0.717, 1.165) is 25.7 Å². The number of allylic oxidation sites excluding steroid dienone is 1. The Hall–Kier alpha value is -1.32. The summed E-state index contributed by atoms with van der Waals surface area (Å²) in [5, 5.41) is 11.8. The van der Waals surface area contributed by atoms with Crippen molar-refractivity contribution in [3.8, 4) is 0 Å². The second-order valence-corrected chi connectivity index (χ2v) is 5.64. The number of carboxylic acid groups (broad SMARTS) is 1. The molecule has 1 fully saturated rings. The Morgan fingerprint density at radius 2 is 1.84 bits per heavy atom. The first-order valence-corrected chi connectivity index (χ1v) is 7.14. The fourth-order valence-corrected chi connectivity index (χ4v) is 2.56. The first-order chi connectivity index (χ1) is 8.99. The van der Waals surface area contributed by atoms with E-state index in [2.05, 4.69) is 5.32 Å². The molecule has 0 aromatic rings. The molecule has 1 saturated carbocycles. The van der Waals surface area contributed by atoms with Crippen molar-refractivity contribution in [2.75, 3.05) is 0 Å². The molecule has 2 N–H and O–H groups in total. The van der Waals surface area contributed by atoms with E-state index in [0.29, 0.717) is 6.42 Å². The molecule has 1 atom stereocenters. The Morgan fingerprint density at radius 1 is 1.26 bits per heavy atom. The lowest BCUT2D eigenvalue weighted by Crippen LogP contribution is -2.47. The molecule has 19 heavy (non-hydrogen) atoms. The Labute approximate surface area is 115 Å². The third-order valence-electron chi connectivity index (χ3n) is 3.97. The van der Waals surface area contributed by atoms with E-state index < -0.39 is 17.4 Å². The Morgan fingerprint density at radius 3 is 2.32 bits per heavy atom. The average Bonchev–Trinajstić information content (AvgIpc) is 2.59. The molecule has 0 bridgehead atoms. The summed E-state index contributed by atoms with van der Waals surface area (Å²) in [6, 6.07) is -0.816. The van der Waals surface area contributed by atoms with Crippen LogP contribution < -0.4 is 5.32 Å². The molecule has 1 amide bonds. The highest BCUT2D eigenvalue weighted by atomic mass is 16.4. The van der Waals surface area contributed by atoms with Crippen LogP contribution in [0.3, 0.4) is 0 Å². The van der Waals surface area contributed by atoms with Crippen molar-refractivity contribution >= 4 is 11.9 Å². The number of rotatable bonds is 5. The predicted octanol–water partition coefficient (Wildman–Crippen LogP) is 2.88. The Kier molecular flexibility index (Phi) is 6.06. The summed E-state index contributed by atoms with van der Waals surface area (Å²) >= 11 is 0. The van der Waals surface area contributed by atoms with E-state index in [1.165, 1.54) is 12.8 Å². The number of amides is 1. The van der Waals surface area contributed by atoms with Crippen LogP contribution >= 0.6 is 0 Å². The zero-order chi connectivity index (χ0) is 14.3. The lowest BCUT2D eigenvalue weighted by molar-refractivity contribution is -0.143. The topological polar surface area (TPSA) is 66.4 Å². The van der Waals surface area contributed by atoms with E-state index >= 15 is 0 Å². The molecule has 4 nitrogen and oxygen atoms in total. The first-order valence-electron chi connectivity index (χ1n) is 7.14. The molecule has 1 aliphatic rings. The van der Waals surface area contributed by atoms with Gasteiger partial charge in [0.25, 0.3) is 0 Å². The van der Waals surface area contributed by atoms with Crippen molar-refractivity contribution in [1.82, 2.24) is 5.32 Å². The zero-order valence-electron chi connectivity index (χ0n) is 11.9. The Bertz CT molecular complexity index is 341. The van der Waals surface area contributed by atoms with Gasteiger partial charge in [-0.2, -0.15) is 0 Å². The van der Waals surface area contributed by atoms with Crippen molar-refractivity contribution in [3.63, 3.8) is 0 Å². The number of carboxylic acids is 1. The van der Waals surface area contributed by atoms with Gasteiger partial charge in [-0.3, -0.25) is 4.79 Å². The van der Waals surface area contributed by atoms with Gasteiger partial charge in [-0.1, -0.05) is 44.8 Å². The molecule has 0 aromatic carbocycles. The molecule has 108 valence electrons. The van der Waals surface area contributed by atoms with E-state index in [1.54, 1.807) is 12.2 Å². The summed E-state index contributed by atoms with van der Waals surface area (Å²) in [7, 11) is 0. The minimum absolute atomic E-state index is 0.105. The number of carbonyl (C=O) groups is 2. The molecule has 0 aromatic heterocycles. The SMILES string of the molecule is C/C=C/CC(NC(=O)C1(C)CCCCCC1)C(=O)O. The standard InChI is InChI=1S/C15H25NO3/c1-3-4-9-12(13(17)18)16-14(19)15(2)10-7-5-6-8-11-15/h3-4,12H,5-11H2,1-2H3,(H,16,19)(H,17,18)/b4-3+. The number of nitrogens with one attached hydrogen (secondary N) is 1. The van der Waals surface area contributed by atoms with E-state index in [9.17, 15) is 9.59 Å². The fourth-order valence-electron chi connectivity index (χ4n) is 2.56. The minimum Gasteiger partial charge on any atom is -0.480 e. The molecular weight excluding hydrogens is 242 g/mol. The molecule has 1 aliphatic carbocycles. The molecule has 0 heterocycles. The molecule has 0 radical (unpaired) electrons. The summed E-state index contributed by atoms with van der Waals surface area (Å²) < 4.78 is 0. The van der Waals surface area contributed by atoms with Crippen LogP contribution in [-0.2, 0) is 9.59 Å². The predicted molar refractivity (Wildman–Crippen MR) is 74.8 cm³/mol. The zero-order valence-corrected chi connectivity index (χ0v) is 11.9. The van der Waals surface area contributed by atoms with Gasteiger partial charge in [0.2, 0.25) is 5.91 Å². The van der Waals surface area contributed by atoms with Gasteiger partial charge in [0.05, 0.1) is 0 Å². The maximum absolute atomic E-state index is 12.4. The second kappa shape index (κ2) is 7.31. The van der Waals surface area contributed by atoms with Crippen LogP contribution in [0.2, 0.25) is 0 Å². The third kappa shape index (κ3) is 4.69. The van der Waals surface area contributed by atoms with Gasteiger partial charge in [0, 0.05) is 5.41 Å². The maximum Gasteiger partial charge on any atom is 0.326 e. The lowest BCUT2D eigenvalue weighted by atomic mass is 9.81. The van der Waals surface area contributed by atoms with Gasteiger partial charge in [-0.05, 0) is 26.2 Å². The van der Waals surface area contributed by atoms with Crippen LogP contribution in [-0.4, -0.2) is 23.0 Å². The smallest absolute Gasteiger partial charge is 0.326 e. The van der Waals surface area contributed by atoms with E-state index in [1.807, 2.05) is 13.8 Å². The quantitative estimate of drug-likeness (QED) is 0.594. The molecular formula is C15H25NO3. The summed E-state index contributed by atoms with van der Waals surface area (Å²) in [5.41, 5.74) is -0.403. The van der Waals surface area contributed by atoms with Crippen LogP contribution in [0.4, 0.5) is 0 Å². The van der Waals surface area contributed by atoms with Gasteiger partial charge in [0.15, 0.2) is 0 Å². The van der Waals surface area contributed by atoms with E-state index in [4.69, 9.17) is 5.11 Å². The molecule has 1 rings (SSSR count). The number of aliphatic carboxylic acids is 1. The van der Waals surface area contributed by atoms with Crippen LogP contribution in [0, 0.1) is 5.41 Å². The minimum atomic E-state index is -0.969. The number of hydrogen-bond donors (Lipinski definition) is 2. The van der Waals surface area contributed by atoms with E-state index in [-0.39, 0.29) is 5.91 Å². The van der Waals surface area contributed by atoms with Crippen LogP contribution in [0.5, 0.6) is 0 Å². The maximum atomic E-state index is 12.4. The third-order valence-corrected chi connectivity index (χ3v) is 3.97. The molecule has 0 aliphatic heterocycles. The average molecular weight is 267 g/mol. The van der Waals surface area contributed by atoms with Crippen molar-refractivity contribution in [3.05, 3.63) is 12.2 Å². The van der Waals surface area contributed by atoms with Gasteiger partial charge < -0.3 is 10.4 Å². The first kappa shape index (κ1) is 15.7. The fraction of sp³-hybridized carbons (Fsp3) is 0.733.